The summed E-state index contributed by atoms with van der Waals surface area (Å²) in [6.07, 6.45) is 4.47. The molecule has 0 radical (unpaired) electrons. The molecule has 2 aliphatic heterocycles. The molecule has 12 heteroatoms. The monoisotopic (exact) mass is 651 g/mol. The van der Waals surface area contributed by atoms with E-state index in [1.54, 1.807) is 6.92 Å². The number of rotatable bonds is 13. The van der Waals surface area contributed by atoms with Crippen molar-refractivity contribution in [3.63, 3.8) is 0 Å². The second kappa shape index (κ2) is 16.2. The molecule has 0 aromatic heterocycles. The van der Waals surface area contributed by atoms with Gasteiger partial charge in [-0.2, -0.15) is 4.31 Å². The van der Waals surface area contributed by atoms with Gasteiger partial charge in [-0.25, -0.2) is 8.42 Å². The standard InChI is InChI=1S/C31H43Cl2N5O4S/c1-23-27(32)7-8-28(31(23)33)43(41,42)38(18-13-24-5-3-2-4-6-24)22-29(39)36-19-30(40)37(20-25-9-14-34-15-10-25)21-26-11-16-35-17-12-26/h2-8,25-26,34-35H,9-22H2,1H3,(H,36,39). The lowest BCUT2D eigenvalue weighted by Gasteiger charge is -2.34. The van der Waals surface area contributed by atoms with Gasteiger partial charge >= 0.3 is 0 Å². The van der Waals surface area contributed by atoms with E-state index in [2.05, 4.69) is 16.0 Å². The Balaban J connectivity index is 1.44. The van der Waals surface area contributed by atoms with Gasteiger partial charge in [0.25, 0.3) is 0 Å². The van der Waals surface area contributed by atoms with E-state index in [4.69, 9.17) is 23.2 Å². The highest BCUT2D eigenvalue weighted by Crippen LogP contribution is 2.32. The van der Waals surface area contributed by atoms with E-state index in [1.165, 1.54) is 12.1 Å². The van der Waals surface area contributed by atoms with E-state index < -0.39 is 22.5 Å². The minimum Gasteiger partial charge on any atom is -0.346 e. The minimum atomic E-state index is -4.15. The fraction of sp³-hybridized carbons (Fsp3) is 0.548. The Bertz CT molecular complexity index is 1310. The average Bonchev–Trinajstić information content (AvgIpc) is 3.01. The Morgan fingerprint density at radius 2 is 1.49 bits per heavy atom. The van der Waals surface area contributed by atoms with Gasteiger partial charge in [-0.3, -0.25) is 9.59 Å². The zero-order valence-corrected chi connectivity index (χ0v) is 27.1. The third-order valence-electron chi connectivity index (χ3n) is 8.38. The van der Waals surface area contributed by atoms with Crippen LogP contribution in [0.3, 0.4) is 0 Å². The zero-order chi connectivity index (χ0) is 30.8. The van der Waals surface area contributed by atoms with Gasteiger partial charge in [-0.05, 0) is 100 Å². The molecular formula is C31H43Cl2N5O4S. The molecule has 2 amide bonds. The first-order valence-electron chi connectivity index (χ1n) is 15.1. The Morgan fingerprint density at radius 1 is 0.907 bits per heavy atom. The van der Waals surface area contributed by atoms with E-state index >= 15 is 0 Å². The number of nitrogens with one attached hydrogen (secondary N) is 3. The molecule has 43 heavy (non-hydrogen) atoms. The minimum absolute atomic E-state index is 0.0271. The fourth-order valence-corrected chi connectivity index (χ4v) is 7.87. The quantitative estimate of drug-likeness (QED) is 0.306. The lowest BCUT2D eigenvalue weighted by molar-refractivity contribution is -0.134. The third-order valence-corrected chi connectivity index (χ3v) is 11.3. The number of carbonyl (C=O) groups excluding carboxylic acids is 2. The number of piperidine rings is 2. The highest BCUT2D eigenvalue weighted by atomic mass is 35.5. The molecule has 2 heterocycles. The first kappa shape index (κ1) is 33.7. The second-order valence-corrected chi connectivity index (χ2v) is 14.2. The Labute approximate surface area is 265 Å². The summed E-state index contributed by atoms with van der Waals surface area (Å²) in [6, 6.07) is 12.3. The SMILES string of the molecule is Cc1c(Cl)ccc(S(=O)(=O)N(CCc2ccccc2)CC(=O)NCC(=O)N(CC2CCNCC2)CC2CCNCC2)c1Cl. The maximum Gasteiger partial charge on any atom is 0.245 e. The average molecular weight is 653 g/mol. The van der Waals surface area contributed by atoms with Gasteiger partial charge in [0.15, 0.2) is 0 Å². The third kappa shape index (κ3) is 9.64. The highest BCUT2D eigenvalue weighted by molar-refractivity contribution is 7.89. The number of hydrogen-bond acceptors (Lipinski definition) is 6. The number of benzene rings is 2. The largest absolute Gasteiger partial charge is 0.346 e. The van der Waals surface area contributed by atoms with Gasteiger partial charge in [0.05, 0.1) is 18.1 Å². The molecule has 4 rings (SSSR count). The van der Waals surface area contributed by atoms with Crippen LogP contribution < -0.4 is 16.0 Å². The highest BCUT2D eigenvalue weighted by Gasteiger charge is 2.30. The van der Waals surface area contributed by atoms with Crippen molar-refractivity contribution in [1.82, 2.24) is 25.2 Å². The molecule has 0 atom stereocenters. The van der Waals surface area contributed by atoms with E-state index in [-0.39, 0.29) is 28.9 Å². The first-order valence-corrected chi connectivity index (χ1v) is 17.3. The van der Waals surface area contributed by atoms with Crippen molar-refractivity contribution in [2.24, 2.45) is 11.8 Å². The summed E-state index contributed by atoms with van der Waals surface area (Å²) in [5, 5.41) is 9.84. The van der Waals surface area contributed by atoms with Gasteiger partial charge in [0.2, 0.25) is 21.8 Å². The summed E-state index contributed by atoms with van der Waals surface area (Å²) in [5.74, 6) is 0.165. The first-order chi connectivity index (χ1) is 20.6. The maximum absolute atomic E-state index is 13.8. The molecule has 0 bridgehead atoms. The number of halogens is 2. The molecule has 0 saturated carbocycles. The zero-order valence-electron chi connectivity index (χ0n) is 24.8. The molecule has 2 aromatic rings. The number of sulfonamides is 1. The van der Waals surface area contributed by atoms with Gasteiger partial charge < -0.3 is 20.9 Å². The fourth-order valence-electron chi connectivity index (χ4n) is 5.69. The smallest absolute Gasteiger partial charge is 0.245 e. The van der Waals surface area contributed by atoms with Crippen LogP contribution in [0.1, 0.15) is 36.8 Å². The number of amides is 2. The summed E-state index contributed by atoms with van der Waals surface area (Å²) in [7, 11) is -4.15. The molecule has 0 spiro atoms. The van der Waals surface area contributed by atoms with Crippen molar-refractivity contribution < 1.29 is 18.0 Å². The number of hydrogen-bond donors (Lipinski definition) is 3. The lowest BCUT2D eigenvalue weighted by Crippen LogP contribution is -2.48. The van der Waals surface area contributed by atoms with Gasteiger partial charge in [0.1, 0.15) is 4.90 Å². The van der Waals surface area contributed by atoms with Crippen LogP contribution in [0.4, 0.5) is 0 Å². The van der Waals surface area contributed by atoms with Crippen LogP contribution in [0.25, 0.3) is 0 Å². The lowest BCUT2D eigenvalue weighted by atomic mass is 9.94. The second-order valence-electron chi connectivity index (χ2n) is 11.5. The van der Waals surface area contributed by atoms with Crippen molar-refractivity contribution in [3.05, 3.63) is 63.6 Å². The van der Waals surface area contributed by atoms with Crippen molar-refractivity contribution in [2.45, 2.75) is 43.9 Å². The summed E-state index contributed by atoms with van der Waals surface area (Å²) in [5.41, 5.74) is 1.38. The molecule has 236 valence electrons. The number of carbonyl (C=O) groups is 2. The summed E-state index contributed by atoms with van der Waals surface area (Å²) in [4.78, 5) is 28.4. The molecule has 3 N–H and O–H groups in total. The van der Waals surface area contributed by atoms with E-state index in [0.717, 1.165) is 61.7 Å². The van der Waals surface area contributed by atoms with Crippen LogP contribution in [-0.4, -0.2) is 88.3 Å². The Morgan fingerprint density at radius 3 is 2.07 bits per heavy atom. The molecule has 2 fully saturated rings. The normalized spacial score (nSPS) is 16.7. The van der Waals surface area contributed by atoms with Crippen LogP contribution in [0.2, 0.25) is 10.0 Å². The topological polar surface area (TPSA) is 111 Å². The predicted molar refractivity (Wildman–Crippen MR) is 171 cm³/mol. The van der Waals surface area contributed by atoms with Gasteiger partial charge in [-0.15, -0.1) is 0 Å². The van der Waals surface area contributed by atoms with Crippen LogP contribution in [0.5, 0.6) is 0 Å². The maximum atomic E-state index is 13.8. The van der Waals surface area contributed by atoms with Crippen molar-refractivity contribution >= 4 is 45.0 Å². The van der Waals surface area contributed by atoms with Crippen LogP contribution in [-0.2, 0) is 26.0 Å². The van der Waals surface area contributed by atoms with E-state index in [9.17, 15) is 18.0 Å². The summed E-state index contributed by atoms with van der Waals surface area (Å²) < 4.78 is 28.7. The van der Waals surface area contributed by atoms with Crippen molar-refractivity contribution in [3.8, 4) is 0 Å². The summed E-state index contributed by atoms with van der Waals surface area (Å²) in [6.45, 7) is 6.22. The Kier molecular flexibility index (Phi) is 12.7. The van der Waals surface area contributed by atoms with Gasteiger partial charge in [0, 0.05) is 24.7 Å². The van der Waals surface area contributed by atoms with Crippen LogP contribution >= 0.6 is 23.2 Å². The van der Waals surface area contributed by atoms with Crippen LogP contribution in [0.15, 0.2) is 47.4 Å². The van der Waals surface area contributed by atoms with Crippen LogP contribution in [0, 0.1) is 18.8 Å². The molecule has 9 nitrogen and oxygen atoms in total. The Hall–Kier alpha value is -2.21. The predicted octanol–water partition coefficient (Wildman–Crippen LogP) is 3.48. The molecule has 2 aromatic carbocycles. The van der Waals surface area contributed by atoms with E-state index in [0.29, 0.717) is 41.9 Å². The molecule has 2 saturated heterocycles. The number of nitrogens with zero attached hydrogens (tertiary/aromatic N) is 2. The molecule has 0 unspecified atom stereocenters. The molecular weight excluding hydrogens is 609 g/mol. The summed E-state index contributed by atoms with van der Waals surface area (Å²) >= 11 is 12.6. The molecule has 0 aliphatic carbocycles. The van der Waals surface area contributed by atoms with Crippen molar-refractivity contribution in [2.75, 3.05) is 58.9 Å². The van der Waals surface area contributed by atoms with Crippen molar-refractivity contribution in [1.29, 1.82) is 0 Å². The van der Waals surface area contributed by atoms with E-state index in [1.807, 2.05) is 35.2 Å². The molecule has 2 aliphatic rings. The van der Waals surface area contributed by atoms with Gasteiger partial charge in [-0.1, -0.05) is 53.5 Å².